The summed E-state index contributed by atoms with van der Waals surface area (Å²) in [5.41, 5.74) is 0.282. The first kappa shape index (κ1) is 23.9. The molecule has 9 heteroatoms. The Labute approximate surface area is 192 Å². The second-order valence-corrected chi connectivity index (χ2v) is 7.57. The van der Waals surface area contributed by atoms with Gasteiger partial charge in [-0.1, -0.05) is 44.2 Å². The summed E-state index contributed by atoms with van der Waals surface area (Å²) in [5, 5.41) is 22.3. The average molecular weight is 453 g/mol. The van der Waals surface area contributed by atoms with E-state index in [4.69, 9.17) is 4.74 Å². The average Bonchev–Trinajstić information content (AvgIpc) is 3.09. The Balaban J connectivity index is 2.17. The number of nitrogens with zero attached hydrogens (tertiary/aromatic N) is 3. The number of ketones is 1. The molecule has 1 aliphatic rings. The van der Waals surface area contributed by atoms with Crippen LogP contribution in [0, 0.1) is 10.1 Å². The fraction of sp³-hybridized carbons (Fsp3) is 0.333. The summed E-state index contributed by atoms with van der Waals surface area (Å²) in [5.74, 6) is -1.57. The number of likely N-dealkylation sites (tertiary alicyclic amines) is 1. The van der Waals surface area contributed by atoms with Crippen molar-refractivity contribution < 1.29 is 24.4 Å². The van der Waals surface area contributed by atoms with E-state index in [2.05, 4.69) is 4.90 Å². The zero-order valence-corrected chi connectivity index (χ0v) is 18.9. The van der Waals surface area contributed by atoms with Gasteiger partial charge in [0.1, 0.15) is 11.5 Å². The number of hydrogen-bond donors (Lipinski definition) is 1. The van der Waals surface area contributed by atoms with Crippen LogP contribution in [0.4, 0.5) is 5.69 Å². The van der Waals surface area contributed by atoms with Gasteiger partial charge in [-0.05, 0) is 19.2 Å². The molecule has 1 saturated heterocycles. The number of aliphatic hydroxyl groups is 1. The van der Waals surface area contributed by atoms with Crippen LogP contribution in [-0.4, -0.2) is 64.8 Å². The van der Waals surface area contributed by atoms with Crippen LogP contribution in [0.3, 0.4) is 0 Å². The summed E-state index contributed by atoms with van der Waals surface area (Å²) in [6, 6.07) is 11.4. The SMILES string of the molecule is CCN(CC)CCN1C(=O)C(=O)/C(=C(/O)c2cccc([N+](=O)[O-])c2)C1c1ccccc1OC. The summed E-state index contributed by atoms with van der Waals surface area (Å²) in [6.07, 6.45) is 0. The molecule has 33 heavy (non-hydrogen) atoms. The number of para-hydroxylation sites is 1. The van der Waals surface area contributed by atoms with E-state index in [1.165, 1.54) is 36.3 Å². The summed E-state index contributed by atoms with van der Waals surface area (Å²) >= 11 is 0. The van der Waals surface area contributed by atoms with E-state index in [1.807, 2.05) is 13.8 Å². The third-order valence-corrected chi connectivity index (χ3v) is 5.86. The minimum Gasteiger partial charge on any atom is -0.507 e. The molecule has 0 radical (unpaired) electrons. The summed E-state index contributed by atoms with van der Waals surface area (Å²) in [7, 11) is 1.49. The molecular formula is C24H27N3O6. The predicted molar refractivity (Wildman–Crippen MR) is 123 cm³/mol. The van der Waals surface area contributed by atoms with Gasteiger partial charge in [-0.2, -0.15) is 0 Å². The maximum absolute atomic E-state index is 13.1. The van der Waals surface area contributed by atoms with Crippen LogP contribution < -0.4 is 4.74 Å². The van der Waals surface area contributed by atoms with Gasteiger partial charge in [-0.15, -0.1) is 0 Å². The van der Waals surface area contributed by atoms with Gasteiger partial charge in [0.2, 0.25) is 0 Å². The van der Waals surface area contributed by atoms with Gasteiger partial charge < -0.3 is 19.6 Å². The lowest BCUT2D eigenvalue weighted by Gasteiger charge is -2.29. The molecule has 3 rings (SSSR count). The molecule has 1 N–H and O–H groups in total. The number of likely N-dealkylation sites (N-methyl/N-ethyl adjacent to an activating group) is 1. The smallest absolute Gasteiger partial charge is 0.295 e. The van der Waals surface area contributed by atoms with Crippen LogP contribution in [0.5, 0.6) is 5.75 Å². The lowest BCUT2D eigenvalue weighted by molar-refractivity contribution is -0.384. The molecule has 1 heterocycles. The molecule has 0 spiro atoms. The molecule has 1 unspecified atom stereocenters. The van der Waals surface area contributed by atoms with Gasteiger partial charge in [0.25, 0.3) is 17.4 Å². The Kier molecular flexibility index (Phi) is 7.44. The quantitative estimate of drug-likeness (QED) is 0.204. The van der Waals surface area contributed by atoms with Crippen molar-refractivity contribution >= 4 is 23.1 Å². The third kappa shape index (κ3) is 4.73. The van der Waals surface area contributed by atoms with Crippen molar-refractivity contribution in [3.8, 4) is 5.75 Å². The van der Waals surface area contributed by atoms with E-state index in [1.54, 1.807) is 24.3 Å². The minimum absolute atomic E-state index is 0.0887. The number of nitro benzene ring substituents is 1. The Morgan fingerprint density at radius 1 is 1.15 bits per heavy atom. The molecule has 2 aromatic carbocycles. The van der Waals surface area contributed by atoms with Crippen molar-refractivity contribution in [1.29, 1.82) is 0 Å². The molecule has 0 aliphatic carbocycles. The van der Waals surface area contributed by atoms with Crippen molar-refractivity contribution in [3.05, 3.63) is 75.3 Å². The zero-order chi connectivity index (χ0) is 24.1. The Hall–Kier alpha value is -3.72. The van der Waals surface area contributed by atoms with Crippen LogP contribution >= 0.6 is 0 Å². The maximum Gasteiger partial charge on any atom is 0.295 e. The highest BCUT2D eigenvalue weighted by molar-refractivity contribution is 6.46. The Morgan fingerprint density at radius 2 is 1.85 bits per heavy atom. The van der Waals surface area contributed by atoms with Crippen molar-refractivity contribution in [2.45, 2.75) is 19.9 Å². The van der Waals surface area contributed by atoms with Gasteiger partial charge in [-0.25, -0.2) is 0 Å². The van der Waals surface area contributed by atoms with Crippen molar-refractivity contribution in [3.63, 3.8) is 0 Å². The lowest BCUT2D eigenvalue weighted by Crippen LogP contribution is -2.38. The number of rotatable bonds is 9. The van der Waals surface area contributed by atoms with Gasteiger partial charge >= 0.3 is 0 Å². The molecule has 1 atom stereocenters. The number of hydrogen-bond acceptors (Lipinski definition) is 7. The first-order chi connectivity index (χ1) is 15.8. The highest BCUT2D eigenvalue weighted by Gasteiger charge is 2.47. The summed E-state index contributed by atoms with van der Waals surface area (Å²) < 4.78 is 5.48. The fourth-order valence-electron chi connectivity index (χ4n) is 4.04. The van der Waals surface area contributed by atoms with Gasteiger partial charge in [0, 0.05) is 36.3 Å². The molecule has 1 aliphatic heterocycles. The Morgan fingerprint density at radius 3 is 2.48 bits per heavy atom. The molecule has 1 amide bonds. The van der Waals surface area contributed by atoms with Gasteiger partial charge in [0.15, 0.2) is 0 Å². The topological polar surface area (TPSA) is 113 Å². The molecule has 1 fully saturated rings. The monoisotopic (exact) mass is 453 g/mol. The van der Waals surface area contributed by atoms with Gasteiger partial charge in [0.05, 0.1) is 23.6 Å². The second-order valence-electron chi connectivity index (χ2n) is 7.57. The zero-order valence-electron chi connectivity index (χ0n) is 18.9. The third-order valence-electron chi connectivity index (χ3n) is 5.86. The van der Waals surface area contributed by atoms with Crippen LogP contribution in [0.25, 0.3) is 5.76 Å². The number of aliphatic hydroxyl groups excluding tert-OH is 1. The highest BCUT2D eigenvalue weighted by Crippen LogP contribution is 2.42. The highest BCUT2D eigenvalue weighted by atomic mass is 16.6. The largest absolute Gasteiger partial charge is 0.507 e. The number of methoxy groups -OCH3 is 1. The number of carbonyl (C=O) groups is 2. The number of Topliss-reactive ketones (excluding diaryl/α,β-unsaturated/α-hetero) is 1. The van der Waals surface area contributed by atoms with E-state index in [-0.39, 0.29) is 23.4 Å². The van der Waals surface area contributed by atoms with E-state index >= 15 is 0 Å². The molecule has 0 aromatic heterocycles. The molecule has 0 saturated carbocycles. The molecule has 2 aromatic rings. The van der Waals surface area contributed by atoms with Gasteiger partial charge in [-0.3, -0.25) is 19.7 Å². The van der Waals surface area contributed by atoms with Crippen LogP contribution in [0.1, 0.15) is 31.0 Å². The summed E-state index contributed by atoms with van der Waals surface area (Å²) in [4.78, 5) is 40.3. The van der Waals surface area contributed by atoms with Crippen molar-refractivity contribution in [2.24, 2.45) is 0 Å². The number of nitro groups is 1. The number of carbonyl (C=O) groups excluding carboxylic acids is 2. The number of ether oxygens (including phenoxy) is 1. The van der Waals surface area contributed by atoms with E-state index in [0.29, 0.717) is 17.9 Å². The number of amides is 1. The first-order valence-corrected chi connectivity index (χ1v) is 10.7. The number of benzene rings is 2. The first-order valence-electron chi connectivity index (χ1n) is 10.7. The van der Waals surface area contributed by atoms with Crippen LogP contribution in [-0.2, 0) is 9.59 Å². The van der Waals surface area contributed by atoms with Crippen molar-refractivity contribution in [1.82, 2.24) is 9.80 Å². The normalized spacial score (nSPS) is 17.6. The predicted octanol–water partition coefficient (Wildman–Crippen LogP) is 3.37. The minimum atomic E-state index is -0.893. The van der Waals surface area contributed by atoms with Crippen LogP contribution in [0.2, 0.25) is 0 Å². The fourth-order valence-corrected chi connectivity index (χ4v) is 4.04. The molecular weight excluding hydrogens is 426 g/mol. The second kappa shape index (κ2) is 10.3. The lowest BCUT2D eigenvalue weighted by atomic mass is 9.94. The van der Waals surface area contributed by atoms with Crippen LogP contribution in [0.15, 0.2) is 54.1 Å². The van der Waals surface area contributed by atoms with E-state index in [0.717, 1.165) is 13.1 Å². The maximum atomic E-state index is 13.1. The molecule has 174 valence electrons. The van der Waals surface area contributed by atoms with Crippen molar-refractivity contribution in [2.75, 3.05) is 33.3 Å². The number of non-ortho nitro benzene ring substituents is 1. The van der Waals surface area contributed by atoms with E-state index < -0.39 is 28.4 Å². The Bertz CT molecular complexity index is 1090. The van der Waals surface area contributed by atoms with E-state index in [9.17, 15) is 24.8 Å². The standard InChI is InChI=1S/C24H27N3O6/c1-4-25(5-2)13-14-26-21(18-11-6-7-12-19(18)33-3)20(23(29)24(26)30)22(28)16-9-8-10-17(15-16)27(31)32/h6-12,15,21,28H,4-5,13-14H2,1-3H3/b22-20+. The molecule has 9 nitrogen and oxygen atoms in total. The summed E-state index contributed by atoms with van der Waals surface area (Å²) in [6.45, 7) is 6.40. The molecule has 0 bridgehead atoms.